The minimum Gasteiger partial charge on any atom is -0.481 e. The van der Waals surface area contributed by atoms with Crippen molar-refractivity contribution in [1.29, 1.82) is 0 Å². The van der Waals surface area contributed by atoms with Crippen LogP contribution in [0, 0.1) is 5.92 Å². The van der Waals surface area contributed by atoms with Crippen molar-refractivity contribution in [2.45, 2.75) is 31.5 Å². The van der Waals surface area contributed by atoms with E-state index in [9.17, 15) is 22.8 Å². The number of benzene rings is 1. The van der Waals surface area contributed by atoms with Gasteiger partial charge in [0.05, 0.1) is 33.7 Å². The third kappa shape index (κ3) is 4.00. The molecule has 2 rings (SSSR count). The predicted molar refractivity (Wildman–Crippen MR) is 75.1 cm³/mol. The number of alkyl halides is 3. The molecule has 120 valence electrons. The predicted octanol–water partition coefficient (Wildman–Crippen LogP) is 3.25. The van der Waals surface area contributed by atoms with Gasteiger partial charge in [-0.3, -0.25) is 13.5 Å². The van der Waals surface area contributed by atoms with E-state index in [1.807, 2.05) is 0 Å². The van der Waals surface area contributed by atoms with Crippen molar-refractivity contribution in [3.8, 4) is 0 Å². The van der Waals surface area contributed by atoms with Gasteiger partial charge in [0.2, 0.25) is 5.91 Å². The molecule has 0 spiro atoms. The lowest BCUT2D eigenvalue weighted by molar-refractivity contribution is -0.139. The molecule has 0 radical (unpaired) electrons. The highest BCUT2D eigenvalue weighted by Gasteiger charge is 2.48. The third-order valence-corrected chi connectivity index (χ3v) is 4.43. The van der Waals surface area contributed by atoms with Gasteiger partial charge >= 0.3 is 12.1 Å². The smallest absolute Gasteiger partial charge is 0.416 e. The number of carbonyl (C=O) groups is 2. The zero-order chi connectivity index (χ0) is 16.5. The van der Waals surface area contributed by atoms with Crippen molar-refractivity contribution in [2.75, 3.05) is 0 Å². The van der Waals surface area contributed by atoms with Crippen LogP contribution in [-0.2, 0) is 22.2 Å². The Morgan fingerprint density at radius 3 is 2.32 bits per heavy atom. The fourth-order valence-electron chi connectivity index (χ4n) is 2.10. The summed E-state index contributed by atoms with van der Waals surface area (Å²) in [6, 6.07) is 4.29. The highest BCUT2D eigenvalue weighted by Crippen LogP contribution is 2.38. The van der Waals surface area contributed by atoms with Crippen molar-refractivity contribution < 1.29 is 27.9 Å². The Morgan fingerprint density at radius 1 is 1.27 bits per heavy atom. The Kier molecular flexibility index (Phi) is 4.79. The number of rotatable bonds is 5. The monoisotopic (exact) mass is 379 g/mol. The maximum Gasteiger partial charge on any atom is 0.416 e. The molecular formula is C14H13BrF3NO3. The van der Waals surface area contributed by atoms with E-state index in [0.29, 0.717) is 18.4 Å². The highest BCUT2D eigenvalue weighted by molar-refractivity contribution is 9.07. The van der Waals surface area contributed by atoms with Crippen LogP contribution >= 0.6 is 16.1 Å². The van der Waals surface area contributed by atoms with Crippen LogP contribution in [0.4, 0.5) is 13.2 Å². The van der Waals surface area contributed by atoms with Gasteiger partial charge in [-0.05, 0) is 30.5 Å². The van der Waals surface area contributed by atoms with E-state index >= 15 is 0 Å². The molecule has 1 amide bonds. The van der Waals surface area contributed by atoms with Crippen LogP contribution in [0.25, 0.3) is 0 Å². The van der Waals surface area contributed by atoms with E-state index in [1.54, 1.807) is 0 Å². The topological polar surface area (TPSA) is 57.6 Å². The Balaban J connectivity index is 1.85. The molecule has 1 aliphatic rings. The quantitative estimate of drug-likeness (QED) is 0.798. The summed E-state index contributed by atoms with van der Waals surface area (Å²) in [5.41, 5.74) is -0.111. The second-order valence-corrected chi connectivity index (χ2v) is 5.91. The molecule has 0 aromatic heterocycles. The van der Waals surface area contributed by atoms with Crippen molar-refractivity contribution >= 4 is 28.0 Å². The van der Waals surface area contributed by atoms with Gasteiger partial charge in [-0.1, -0.05) is 12.1 Å². The number of halogens is 4. The number of aryl methyl sites for hydroxylation is 1. The van der Waals surface area contributed by atoms with Crippen LogP contribution in [0.15, 0.2) is 24.3 Å². The zero-order valence-electron chi connectivity index (χ0n) is 11.3. The van der Waals surface area contributed by atoms with E-state index in [4.69, 9.17) is 5.11 Å². The fourth-order valence-corrected chi connectivity index (χ4v) is 2.73. The summed E-state index contributed by atoms with van der Waals surface area (Å²) in [4.78, 5) is 22.6. The maximum absolute atomic E-state index is 12.4. The SMILES string of the molecule is O=C(O)C1CC1N(Br)C(=O)CCc1ccc(C(F)(F)F)cc1. The molecule has 0 heterocycles. The van der Waals surface area contributed by atoms with Crippen LogP contribution in [0.5, 0.6) is 0 Å². The largest absolute Gasteiger partial charge is 0.481 e. The van der Waals surface area contributed by atoms with E-state index in [2.05, 4.69) is 16.1 Å². The summed E-state index contributed by atoms with van der Waals surface area (Å²) in [6.07, 6.45) is -3.57. The molecule has 1 aromatic rings. The average molecular weight is 380 g/mol. The van der Waals surface area contributed by atoms with E-state index in [1.165, 1.54) is 16.1 Å². The third-order valence-electron chi connectivity index (χ3n) is 3.51. The van der Waals surface area contributed by atoms with Gasteiger partial charge < -0.3 is 5.11 Å². The molecule has 8 heteroatoms. The van der Waals surface area contributed by atoms with Gasteiger partial charge in [0.1, 0.15) is 0 Å². The molecular weight excluding hydrogens is 367 g/mol. The number of amides is 1. The summed E-state index contributed by atoms with van der Waals surface area (Å²) in [7, 11) is 0. The fraction of sp³-hybridized carbons (Fsp3) is 0.429. The lowest BCUT2D eigenvalue weighted by Crippen LogP contribution is -2.26. The Bertz CT molecular complexity index is 574. The molecule has 1 aliphatic carbocycles. The van der Waals surface area contributed by atoms with Crippen LogP contribution in [0.2, 0.25) is 0 Å². The molecule has 0 bridgehead atoms. The first-order chi connectivity index (χ1) is 10.2. The number of hydrogen-bond acceptors (Lipinski definition) is 2. The molecule has 0 saturated heterocycles. The molecule has 1 N–H and O–H groups in total. The number of carboxylic acid groups (broad SMARTS) is 1. The average Bonchev–Trinajstić information content (AvgIpc) is 3.24. The van der Waals surface area contributed by atoms with Crippen LogP contribution in [-0.4, -0.2) is 27.0 Å². The normalized spacial score (nSPS) is 20.5. The second-order valence-electron chi connectivity index (χ2n) is 5.15. The zero-order valence-corrected chi connectivity index (χ0v) is 12.9. The minimum absolute atomic E-state index is 0.0967. The van der Waals surface area contributed by atoms with Gasteiger partial charge in [-0.2, -0.15) is 13.2 Å². The van der Waals surface area contributed by atoms with Crippen molar-refractivity contribution in [2.24, 2.45) is 5.92 Å². The lowest BCUT2D eigenvalue weighted by atomic mass is 10.1. The standard InChI is InChI=1S/C14H13BrF3NO3/c15-19(11-7-10(11)13(21)22)12(20)6-3-8-1-4-9(5-2-8)14(16,17)18/h1-2,4-5,10-11H,3,6-7H2,(H,21,22). The first-order valence-electron chi connectivity index (χ1n) is 6.57. The molecule has 1 saturated carbocycles. The highest BCUT2D eigenvalue weighted by atomic mass is 79.9. The molecule has 22 heavy (non-hydrogen) atoms. The van der Waals surface area contributed by atoms with Gasteiger partial charge in [0.25, 0.3) is 0 Å². The van der Waals surface area contributed by atoms with Crippen LogP contribution < -0.4 is 0 Å². The first kappa shape index (κ1) is 16.8. The Hall–Kier alpha value is -1.57. The lowest BCUT2D eigenvalue weighted by Gasteiger charge is -2.14. The van der Waals surface area contributed by atoms with Crippen LogP contribution in [0.3, 0.4) is 0 Å². The van der Waals surface area contributed by atoms with Crippen molar-refractivity contribution in [1.82, 2.24) is 3.93 Å². The minimum atomic E-state index is -4.38. The number of hydrogen-bond donors (Lipinski definition) is 1. The summed E-state index contributed by atoms with van der Waals surface area (Å²) < 4.78 is 38.5. The van der Waals surface area contributed by atoms with Gasteiger partial charge in [-0.15, -0.1) is 0 Å². The van der Waals surface area contributed by atoms with Gasteiger partial charge in [0.15, 0.2) is 0 Å². The summed E-state index contributed by atoms with van der Waals surface area (Å²) in [5.74, 6) is -1.77. The summed E-state index contributed by atoms with van der Waals surface area (Å²) >= 11 is 3.06. The summed E-state index contributed by atoms with van der Waals surface area (Å²) in [5, 5.41) is 8.80. The maximum atomic E-state index is 12.4. The molecule has 1 fully saturated rings. The van der Waals surface area contributed by atoms with E-state index < -0.39 is 23.6 Å². The Labute approximate surface area is 133 Å². The molecule has 2 atom stereocenters. The van der Waals surface area contributed by atoms with Crippen molar-refractivity contribution in [3.05, 3.63) is 35.4 Å². The Morgan fingerprint density at radius 2 is 1.86 bits per heavy atom. The summed E-state index contributed by atoms with van der Waals surface area (Å²) in [6.45, 7) is 0. The number of carbonyl (C=O) groups excluding carboxylic acids is 1. The van der Waals surface area contributed by atoms with Gasteiger partial charge in [-0.25, -0.2) is 0 Å². The molecule has 1 aromatic carbocycles. The van der Waals surface area contributed by atoms with E-state index in [-0.39, 0.29) is 18.4 Å². The van der Waals surface area contributed by atoms with Crippen molar-refractivity contribution in [3.63, 3.8) is 0 Å². The molecule has 2 unspecified atom stereocenters. The van der Waals surface area contributed by atoms with E-state index in [0.717, 1.165) is 12.1 Å². The van der Waals surface area contributed by atoms with Gasteiger partial charge in [0, 0.05) is 6.42 Å². The molecule has 0 aliphatic heterocycles. The molecule has 4 nitrogen and oxygen atoms in total. The van der Waals surface area contributed by atoms with Crippen LogP contribution in [0.1, 0.15) is 24.0 Å². The second kappa shape index (κ2) is 6.28. The first-order valence-corrected chi connectivity index (χ1v) is 7.28. The number of nitrogens with zero attached hydrogens (tertiary/aromatic N) is 1. The number of aliphatic carboxylic acids is 1. The number of carboxylic acids is 1.